The zero-order valence-corrected chi connectivity index (χ0v) is 18.7. The van der Waals surface area contributed by atoms with Crippen LogP contribution in [0.4, 0.5) is 0 Å². The summed E-state index contributed by atoms with van der Waals surface area (Å²) < 4.78 is 1.12. The Morgan fingerprint density at radius 1 is 0.882 bits per heavy atom. The van der Waals surface area contributed by atoms with Gasteiger partial charge in [0.05, 0.1) is 23.0 Å². The predicted molar refractivity (Wildman–Crippen MR) is 134 cm³/mol. The summed E-state index contributed by atoms with van der Waals surface area (Å²) in [6.07, 6.45) is 0.202. The molecule has 4 aromatic carbocycles. The molecule has 0 spiro atoms. The fraction of sp³-hybridized carbons (Fsp3) is 0.107. The quantitative estimate of drug-likeness (QED) is 0.425. The Morgan fingerprint density at radius 3 is 2.47 bits per heavy atom. The highest BCUT2D eigenvalue weighted by Crippen LogP contribution is 2.18. The van der Waals surface area contributed by atoms with Crippen molar-refractivity contribution in [2.24, 2.45) is 0 Å². The van der Waals surface area contributed by atoms with Crippen LogP contribution in [-0.4, -0.2) is 15.5 Å². The van der Waals surface area contributed by atoms with Gasteiger partial charge in [-0.25, -0.2) is 9.36 Å². The molecule has 0 bridgehead atoms. The molecule has 0 saturated carbocycles. The van der Waals surface area contributed by atoms with Crippen LogP contribution < -0.4 is 16.6 Å². The SMILES string of the molecule is Cc1ccc2[nH]c(=O)n(-c3ccc(CC(=O)NCc4cccc5ccccc45)cc3)c(=O)c2c1. The molecule has 0 atom stereocenters. The van der Waals surface area contributed by atoms with Gasteiger partial charge in [0.1, 0.15) is 0 Å². The van der Waals surface area contributed by atoms with E-state index in [2.05, 4.69) is 22.4 Å². The maximum Gasteiger partial charge on any atom is 0.333 e. The van der Waals surface area contributed by atoms with Gasteiger partial charge in [-0.05, 0) is 53.1 Å². The number of carbonyl (C=O) groups excluding carboxylic acids is 1. The third-order valence-electron chi connectivity index (χ3n) is 5.97. The fourth-order valence-electron chi connectivity index (χ4n) is 4.21. The van der Waals surface area contributed by atoms with E-state index in [1.54, 1.807) is 36.4 Å². The second kappa shape index (κ2) is 8.83. The number of carbonyl (C=O) groups is 1. The van der Waals surface area contributed by atoms with Crippen LogP contribution in [0, 0.1) is 6.92 Å². The maximum atomic E-state index is 13.0. The van der Waals surface area contributed by atoms with Gasteiger partial charge in [0.15, 0.2) is 0 Å². The number of fused-ring (bicyclic) bond motifs is 2. The van der Waals surface area contributed by atoms with E-state index in [-0.39, 0.29) is 17.9 Å². The number of hydrogen-bond acceptors (Lipinski definition) is 3. The van der Waals surface area contributed by atoms with E-state index in [1.807, 2.05) is 43.3 Å². The third-order valence-corrected chi connectivity index (χ3v) is 5.97. The number of nitrogens with zero attached hydrogens (tertiary/aromatic N) is 1. The van der Waals surface area contributed by atoms with Gasteiger partial charge in [-0.2, -0.15) is 0 Å². The number of amides is 1. The normalized spacial score (nSPS) is 11.1. The average Bonchev–Trinajstić information content (AvgIpc) is 2.84. The highest BCUT2D eigenvalue weighted by atomic mass is 16.2. The van der Waals surface area contributed by atoms with Crippen molar-refractivity contribution in [3.63, 3.8) is 0 Å². The smallest absolute Gasteiger partial charge is 0.333 e. The molecule has 1 aromatic heterocycles. The number of H-pyrrole nitrogens is 1. The first-order chi connectivity index (χ1) is 16.5. The number of rotatable bonds is 5. The first kappa shape index (κ1) is 21.4. The molecule has 5 aromatic rings. The minimum absolute atomic E-state index is 0.100. The van der Waals surface area contributed by atoms with Crippen molar-refractivity contribution in [1.29, 1.82) is 0 Å². The first-order valence-corrected chi connectivity index (χ1v) is 11.1. The summed E-state index contributed by atoms with van der Waals surface area (Å²) >= 11 is 0. The summed E-state index contributed by atoms with van der Waals surface area (Å²) in [5.41, 5.74) is 2.89. The molecule has 0 aliphatic rings. The number of aryl methyl sites for hydroxylation is 1. The van der Waals surface area contributed by atoms with E-state index in [0.717, 1.165) is 32.0 Å². The molecule has 168 valence electrons. The zero-order chi connectivity index (χ0) is 23.7. The molecule has 2 N–H and O–H groups in total. The van der Waals surface area contributed by atoms with Crippen molar-refractivity contribution < 1.29 is 4.79 Å². The largest absolute Gasteiger partial charge is 0.352 e. The lowest BCUT2D eigenvalue weighted by Gasteiger charge is -2.10. The summed E-state index contributed by atoms with van der Waals surface area (Å²) in [6, 6.07) is 26.4. The molecular weight excluding hydrogens is 426 g/mol. The Hall–Kier alpha value is -4.45. The Bertz CT molecular complexity index is 1640. The van der Waals surface area contributed by atoms with Gasteiger partial charge >= 0.3 is 5.69 Å². The second-order valence-corrected chi connectivity index (χ2v) is 8.38. The maximum absolute atomic E-state index is 13.0. The summed E-state index contributed by atoms with van der Waals surface area (Å²) in [5, 5.41) is 5.69. The summed E-state index contributed by atoms with van der Waals surface area (Å²) in [4.78, 5) is 40.8. The molecule has 1 amide bonds. The van der Waals surface area contributed by atoms with E-state index >= 15 is 0 Å². The van der Waals surface area contributed by atoms with Gasteiger partial charge < -0.3 is 10.3 Å². The monoisotopic (exact) mass is 449 g/mol. The summed E-state index contributed by atoms with van der Waals surface area (Å²) in [6.45, 7) is 2.34. The predicted octanol–water partition coefficient (Wildman–Crippen LogP) is 4.00. The van der Waals surface area contributed by atoms with Crippen LogP contribution >= 0.6 is 0 Å². The molecule has 0 aliphatic carbocycles. The number of aromatic amines is 1. The summed E-state index contributed by atoms with van der Waals surface area (Å²) in [7, 11) is 0. The van der Waals surface area contributed by atoms with Gasteiger partial charge in [-0.3, -0.25) is 9.59 Å². The van der Waals surface area contributed by atoms with Crippen molar-refractivity contribution in [3.05, 3.63) is 122 Å². The van der Waals surface area contributed by atoms with E-state index in [4.69, 9.17) is 0 Å². The van der Waals surface area contributed by atoms with Crippen LogP contribution in [0.2, 0.25) is 0 Å². The highest BCUT2D eigenvalue weighted by Gasteiger charge is 2.11. The minimum Gasteiger partial charge on any atom is -0.352 e. The van der Waals surface area contributed by atoms with Crippen molar-refractivity contribution >= 4 is 27.6 Å². The Labute approximate surface area is 195 Å². The third kappa shape index (κ3) is 4.13. The molecule has 0 fully saturated rings. The lowest BCUT2D eigenvalue weighted by molar-refractivity contribution is -0.120. The fourth-order valence-corrected chi connectivity index (χ4v) is 4.21. The highest BCUT2D eigenvalue weighted by molar-refractivity contribution is 5.86. The van der Waals surface area contributed by atoms with Crippen molar-refractivity contribution in [2.75, 3.05) is 0 Å². The molecule has 0 radical (unpaired) electrons. The number of hydrogen-bond donors (Lipinski definition) is 2. The lowest BCUT2D eigenvalue weighted by Crippen LogP contribution is -2.33. The molecule has 6 heteroatoms. The van der Waals surface area contributed by atoms with Gasteiger partial charge in [-0.1, -0.05) is 66.2 Å². The molecule has 5 rings (SSSR count). The molecule has 34 heavy (non-hydrogen) atoms. The van der Waals surface area contributed by atoms with Crippen LogP contribution in [-0.2, 0) is 17.8 Å². The Balaban J connectivity index is 1.32. The molecule has 0 saturated heterocycles. The van der Waals surface area contributed by atoms with Crippen LogP contribution in [0.15, 0.2) is 94.5 Å². The standard InChI is InChI=1S/C28H23N3O3/c1-18-9-14-25-24(15-18)27(33)31(28(34)30-25)22-12-10-19(11-13-22)16-26(32)29-17-21-7-4-6-20-5-2-3-8-23(20)21/h2-15H,16-17H2,1H3,(H,29,32)(H,30,34). The molecule has 6 nitrogen and oxygen atoms in total. The van der Waals surface area contributed by atoms with Crippen LogP contribution in [0.25, 0.3) is 27.4 Å². The lowest BCUT2D eigenvalue weighted by atomic mass is 10.0. The Kier molecular flexibility index (Phi) is 5.55. The van der Waals surface area contributed by atoms with Crippen molar-refractivity contribution in [2.45, 2.75) is 19.9 Å². The van der Waals surface area contributed by atoms with E-state index in [0.29, 0.717) is 23.1 Å². The van der Waals surface area contributed by atoms with Gasteiger partial charge in [-0.15, -0.1) is 0 Å². The van der Waals surface area contributed by atoms with Crippen molar-refractivity contribution in [3.8, 4) is 5.69 Å². The zero-order valence-electron chi connectivity index (χ0n) is 18.7. The van der Waals surface area contributed by atoms with Gasteiger partial charge in [0.25, 0.3) is 5.56 Å². The van der Waals surface area contributed by atoms with Gasteiger partial charge in [0, 0.05) is 6.54 Å². The van der Waals surface area contributed by atoms with E-state index in [1.165, 1.54) is 0 Å². The van der Waals surface area contributed by atoms with Crippen LogP contribution in [0.5, 0.6) is 0 Å². The molecular formula is C28H23N3O3. The minimum atomic E-state index is -0.498. The van der Waals surface area contributed by atoms with Crippen molar-refractivity contribution in [1.82, 2.24) is 14.9 Å². The van der Waals surface area contributed by atoms with Gasteiger partial charge in [0.2, 0.25) is 5.91 Å². The summed E-state index contributed by atoms with van der Waals surface area (Å²) in [5.74, 6) is -0.100. The number of nitrogens with one attached hydrogen (secondary N) is 2. The topological polar surface area (TPSA) is 84.0 Å². The first-order valence-electron chi connectivity index (χ1n) is 11.1. The molecule has 1 heterocycles. The van der Waals surface area contributed by atoms with Crippen LogP contribution in [0.3, 0.4) is 0 Å². The van der Waals surface area contributed by atoms with Crippen LogP contribution in [0.1, 0.15) is 16.7 Å². The number of benzene rings is 4. The van der Waals surface area contributed by atoms with E-state index in [9.17, 15) is 14.4 Å². The Morgan fingerprint density at radius 2 is 1.65 bits per heavy atom. The molecule has 0 aliphatic heterocycles. The average molecular weight is 450 g/mol. The number of aromatic nitrogens is 2. The van der Waals surface area contributed by atoms with E-state index < -0.39 is 5.69 Å². The second-order valence-electron chi connectivity index (χ2n) is 8.38. The molecule has 0 unspecified atom stereocenters.